The fourth-order valence-corrected chi connectivity index (χ4v) is 2.63. The molecule has 1 aromatic carbocycles. The lowest BCUT2D eigenvalue weighted by molar-refractivity contribution is -0.146. The molecule has 2 aromatic rings. The number of hydrogen-bond acceptors (Lipinski definition) is 6. The van der Waals surface area contributed by atoms with E-state index >= 15 is 0 Å². The number of carbonyl (C=O) groups excluding carboxylic acids is 1. The van der Waals surface area contributed by atoms with Crippen molar-refractivity contribution in [2.45, 2.75) is 19.4 Å². The molecule has 24 heavy (non-hydrogen) atoms. The summed E-state index contributed by atoms with van der Waals surface area (Å²) in [6, 6.07) is 9.70. The van der Waals surface area contributed by atoms with Crippen LogP contribution in [0.1, 0.15) is 23.4 Å². The van der Waals surface area contributed by atoms with Gasteiger partial charge in [0.25, 0.3) is 0 Å². The lowest BCUT2D eigenvalue weighted by Crippen LogP contribution is -2.45. The molecule has 0 unspecified atom stereocenters. The second-order valence-corrected chi connectivity index (χ2v) is 5.63. The number of amides is 1. The summed E-state index contributed by atoms with van der Waals surface area (Å²) in [5.41, 5.74) is 1.19. The Morgan fingerprint density at radius 2 is 2.17 bits per heavy atom. The number of aryl methyl sites for hydroxylation is 1. The summed E-state index contributed by atoms with van der Waals surface area (Å²) in [4.78, 5) is 14.1. The van der Waals surface area contributed by atoms with Crippen molar-refractivity contribution in [2.24, 2.45) is 0 Å². The van der Waals surface area contributed by atoms with Crippen LogP contribution in [0.2, 0.25) is 0 Å². The van der Waals surface area contributed by atoms with Crippen LogP contribution in [-0.4, -0.2) is 54.0 Å². The van der Waals surface area contributed by atoms with E-state index in [1.54, 1.807) is 11.8 Å². The van der Waals surface area contributed by atoms with Crippen LogP contribution in [0.4, 0.5) is 0 Å². The van der Waals surface area contributed by atoms with Gasteiger partial charge in [0, 0.05) is 13.5 Å². The van der Waals surface area contributed by atoms with Gasteiger partial charge in [0.15, 0.2) is 0 Å². The highest BCUT2D eigenvalue weighted by Gasteiger charge is 2.32. The molecule has 1 aromatic heterocycles. The number of ether oxygens (including phenoxy) is 2. The number of carbonyl (C=O) groups is 1. The van der Waals surface area contributed by atoms with E-state index in [0.29, 0.717) is 38.1 Å². The van der Waals surface area contributed by atoms with Crippen molar-refractivity contribution in [3.05, 3.63) is 47.7 Å². The number of rotatable bonds is 6. The Balaban J connectivity index is 1.51. The van der Waals surface area contributed by atoms with Crippen LogP contribution in [0.5, 0.6) is 0 Å². The minimum absolute atomic E-state index is 0.0381. The van der Waals surface area contributed by atoms with Crippen molar-refractivity contribution in [2.75, 3.05) is 33.0 Å². The van der Waals surface area contributed by atoms with Crippen LogP contribution in [0.25, 0.3) is 0 Å². The lowest BCUT2D eigenvalue weighted by atomic mass is 10.2. The minimum Gasteiger partial charge on any atom is -0.423 e. The quantitative estimate of drug-likeness (QED) is 0.747. The predicted molar refractivity (Wildman–Crippen MR) is 85.3 cm³/mol. The first-order valence-electron chi connectivity index (χ1n) is 8.03. The Labute approximate surface area is 140 Å². The highest BCUT2D eigenvalue weighted by Crippen LogP contribution is 2.23. The van der Waals surface area contributed by atoms with Crippen molar-refractivity contribution in [3.63, 3.8) is 0 Å². The first-order valence-corrected chi connectivity index (χ1v) is 8.03. The summed E-state index contributed by atoms with van der Waals surface area (Å²) in [7, 11) is 0. The van der Waals surface area contributed by atoms with Crippen molar-refractivity contribution < 1.29 is 18.7 Å². The highest BCUT2D eigenvalue weighted by molar-refractivity contribution is 5.78. The topological polar surface area (TPSA) is 77.7 Å². The van der Waals surface area contributed by atoms with E-state index in [0.717, 1.165) is 6.42 Å². The van der Waals surface area contributed by atoms with Crippen LogP contribution in [-0.2, 0) is 20.7 Å². The third kappa shape index (κ3) is 4.18. The molecule has 0 bridgehead atoms. The third-order valence-corrected chi connectivity index (χ3v) is 3.88. The molecule has 1 fully saturated rings. The molecule has 128 valence electrons. The zero-order valence-corrected chi connectivity index (χ0v) is 13.7. The van der Waals surface area contributed by atoms with E-state index in [4.69, 9.17) is 13.9 Å². The maximum atomic E-state index is 12.5. The second kappa shape index (κ2) is 8.03. The fraction of sp³-hybridized carbons (Fsp3) is 0.471. The molecule has 0 N–H and O–H groups in total. The SMILES string of the molecule is Cc1nnc([C@@H]2COCCN2C(=O)COCCc2ccccc2)o1. The average molecular weight is 331 g/mol. The molecule has 7 nitrogen and oxygen atoms in total. The van der Waals surface area contributed by atoms with Crippen LogP contribution in [0, 0.1) is 6.92 Å². The molecule has 1 amide bonds. The van der Waals surface area contributed by atoms with Crippen molar-refractivity contribution >= 4 is 5.91 Å². The molecule has 0 radical (unpaired) electrons. The molecule has 1 aliphatic heterocycles. The summed E-state index contributed by atoms with van der Waals surface area (Å²) in [5.74, 6) is 0.791. The van der Waals surface area contributed by atoms with E-state index in [1.165, 1.54) is 5.56 Å². The van der Waals surface area contributed by atoms with E-state index in [2.05, 4.69) is 10.2 Å². The molecular formula is C17H21N3O4. The maximum Gasteiger partial charge on any atom is 0.249 e. The summed E-state index contributed by atoms with van der Waals surface area (Å²) in [6.45, 7) is 3.61. The zero-order valence-electron chi connectivity index (χ0n) is 13.7. The molecule has 1 aliphatic rings. The molecule has 3 rings (SSSR count). The fourth-order valence-electron chi connectivity index (χ4n) is 2.63. The molecular weight excluding hydrogens is 310 g/mol. The Morgan fingerprint density at radius 3 is 2.92 bits per heavy atom. The van der Waals surface area contributed by atoms with Crippen LogP contribution in [0.3, 0.4) is 0 Å². The lowest BCUT2D eigenvalue weighted by Gasteiger charge is -2.33. The van der Waals surface area contributed by atoms with Crippen molar-refractivity contribution in [1.29, 1.82) is 0 Å². The van der Waals surface area contributed by atoms with Gasteiger partial charge in [-0.3, -0.25) is 4.79 Å². The molecule has 0 spiro atoms. The Morgan fingerprint density at radius 1 is 1.33 bits per heavy atom. The third-order valence-electron chi connectivity index (χ3n) is 3.88. The number of benzene rings is 1. The largest absolute Gasteiger partial charge is 0.423 e. The Kier molecular flexibility index (Phi) is 5.55. The van der Waals surface area contributed by atoms with Gasteiger partial charge in [-0.05, 0) is 12.0 Å². The van der Waals surface area contributed by atoms with Crippen molar-refractivity contribution in [1.82, 2.24) is 15.1 Å². The first-order chi connectivity index (χ1) is 11.7. The number of nitrogens with zero attached hydrogens (tertiary/aromatic N) is 3. The summed E-state index contributed by atoms with van der Waals surface area (Å²) in [6.07, 6.45) is 0.781. The molecule has 2 heterocycles. The van der Waals surface area contributed by atoms with Gasteiger partial charge in [-0.1, -0.05) is 30.3 Å². The van der Waals surface area contributed by atoms with Gasteiger partial charge in [0.05, 0.1) is 19.8 Å². The van der Waals surface area contributed by atoms with E-state index in [-0.39, 0.29) is 18.6 Å². The van der Waals surface area contributed by atoms with E-state index < -0.39 is 0 Å². The maximum absolute atomic E-state index is 12.5. The standard InChI is InChI=1S/C17H21N3O4/c1-13-18-19-17(24-13)15-11-23-10-8-20(15)16(21)12-22-9-7-14-5-3-2-4-6-14/h2-6,15H,7-12H2,1H3/t15-/m0/s1. The van der Waals surface area contributed by atoms with Crippen molar-refractivity contribution in [3.8, 4) is 0 Å². The number of aromatic nitrogens is 2. The number of hydrogen-bond donors (Lipinski definition) is 0. The van der Waals surface area contributed by atoms with Gasteiger partial charge in [-0.15, -0.1) is 10.2 Å². The Bertz CT molecular complexity index is 659. The number of morpholine rings is 1. The van der Waals surface area contributed by atoms with Gasteiger partial charge in [0.2, 0.25) is 17.7 Å². The molecule has 7 heteroatoms. The van der Waals surface area contributed by atoms with Gasteiger partial charge in [-0.2, -0.15) is 0 Å². The summed E-state index contributed by atoms with van der Waals surface area (Å²) < 4.78 is 16.4. The van der Waals surface area contributed by atoms with Gasteiger partial charge in [-0.25, -0.2) is 0 Å². The van der Waals surface area contributed by atoms with Gasteiger partial charge < -0.3 is 18.8 Å². The molecule has 0 aliphatic carbocycles. The average Bonchev–Trinajstić information content (AvgIpc) is 3.06. The van der Waals surface area contributed by atoms with Crippen LogP contribution < -0.4 is 0 Å². The predicted octanol–water partition coefficient (Wildman–Crippen LogP) is 1.54. The van der Waals surface area contributed by atoms with Gasteiger partial charge >= 0.3 is 0 Å². The minimum atomic E-state index is -0.342. The molecule has 1 atom stereocenters. The van der Waals surface area contributed by atoms with Crippen LogP contribution >= 0.6 is 0 Å². The smallest absolute Gasteiger partial charge is 0.249 e. The van der Waals surface area contributed by atoms with Crippen LogP contribution in [0.15, 0.2) is 34.7 Å². The van der Waals surface area contributed by atoms with E-state index in [9.17, 15) is 4.79 Å². The normalized spacial score (nSPS) is 17.9. The zero-order chi connectivity index (χ0) is 16.8. The summed E-state index contributed by atoms with van der Waals surface area (Å²) in [5, 5.41) is 7.83. The van der Waals surface area contributed by atoms with Gasteiger partial charge in [0.1, 0.15) is 12.6 Å². The second-order valence-electron chi connectivity index (χ2n) is 5.63. The highest BCUT2D eigenvalue weighted by atomic mass is 16.5. The molecule has 1 saturated heterocycles. The first kappa shape index (κ1) is 16.6. The monoisotopic (exact) mass is 331 g/mol. The molecule has 0 saturated carbocycles. The summed E-state index contributed by atoms with van der Waals surface area (Å²) >= 11 is 0. The Hall–Kier alpha value is -2.25. The van der Waals surface area contributed by atoms with E-state index in [1.807, 2.05) is 30.3 Å².